The zero-order valence-corrected chi connectivity index (χ0v) is 17.5. The molecule has 8 heteroatoms. The lowest BCUT2D eigenvalue weighted by Crippen LogP contribution is -2.48. The fourth-order valence-corrected chi connectivity index (χ4v) is 3.42. The monoisotopic (exact) mass is 446 g/mol. The van der Waals surface area contributed by atoms with Crippen molar-refractivity contribution in [1.82, 2.24) is 19.9 Å². The van der Waals surface area contributed by atoms with Crippen molar-refractivity contribution in [3.8, 4) is 0 Å². The highest BCUT2D eigenvalue weighted by atomic mass is 79.9. The van der Waals surface area contributed by atoms with E-state index in [9.17, 15) is 4.39 Å². The van der Waals surface area contributed by atoms with E-state index in [1.807, 2.05) is 18.2 Å². The van der Waals surface area contributed by atoms with Crippen molar-refractivity contribution in [2.75, 3.05) is 49.5 Å². The van der Waals surface area contributed by atoms with E-state index in [2.05, 4.69) is 44.1 Å². The Bertz CT molecular complexity index is 912. The Morgan fingerprint density at radius 1 is 1.07 bits per heavy atom. The third kappa shape index (κ3) is 4.74. The molecule has 3 aromatic rings. The van der Waals surface area contributed by atoms with Crippen LogP contribution >= 0.6 is 17.0 Å². The molecule has 0 amide bonds. The van der Waals surface area contributed by atoms with Crippen LogP contribution in [0, 0.1) is 12.7 Å². The highest BCUT2D eigenvalue weighted by Crippen LogP contribution is 2.19. The van der Waals surface area contributed by atoms with E-state index < -0.39 is 5.82 Å². The number of nitrogens with one attached hydrogen (secondary N) is 1. The van der Waals surface area contributed by atoms with Crippen molar-refractivity contribution in [3.05, 3.63) is 54.1 Å². The number of aromatic nitrogens is 3. The van der Waals surface area contributed by atoms with Gasteiger partial charge in [0, 0.05) is 44.7 Å². The first-order chi connectivity index (χ1) is 13.2. The van der Waals surface area contributed by atoms with Gasteiger partial charge in [-0.25, -0.2) is 19.3 Å². The highest BCUT2D eigenvalue weighted by molar-refractivity contribution is 8.93. The number of halogens is 2. The number of piperazine rings is 1. The zero-order chi connectivity index (χ0) is 18.6. The standard InChI is InChI=1S/C20H23FN6.BrH/c1-15-12-19(25-18-5-3-2-4-17(15)18)22-6-7-26-8-10-27(11-9-26)20-23-13-16(21)14-24-20;/h2-5,12-14H,6-11H2,1H3,(H,22,25);1H. The number of fused-ring (bicyclic) bond motifs is 1. The molecule has 0 atom stereocenters. The fourth-order valence-electron chi connectivity index (χ4n) is 3.42. The molecule has 3 heterocycles. The first kappa shape index (κ1) is 20.4. The normalized spacial score (nSPS) is 14.7. The lowest BCUT2D eigenvalue weighted by Gasteiger charge is -2.34. The van der Waals surface area contributed by atoms with Gasteiger partial charge >= 0.3 is 0 Å². The summed E-state index contributed by atoms with van der Waals surface area (Å²) < 4.78 is 12.9. The average molecular weight is 447 g/mol. The van der Waals surface area contributed by atoms with E-state index in [-0.39, 0.29) is 17.0 Å². The Labute approximate surface area is 174 Å². The summed E-state index contributed by atoms with van der Waals surface area (Å²) in [4.78, 5) is 17.3. The van der Waals surface area contributed by atoms with E-state index in [1.165, 1.54) is 23.3 Å². The van der Waals surface area contributed by atoms with Gasteiger partial charge in [-0.3, -0.25) is 4.90 Å². The third-order valence-electron chi connectivity index (χ3n) is 4.92. The van der Waals surface area contributed by atoms with Crippen molar-refractivity contribution in [2.24, 2.45) is 0 Å². The average Bonchev–Trinajstić information content (AvgIpc) is 2.69. The smallest absolute Gasteiger partial charge is 0.225 e. The van der Waals surface area contributed by atoms with Gasteiger partial charge in [-0.15, -0.1) is 17.0 Å². The van der Waals surface area contributed by atoms with Gasteiger partial charge < -0.3 is 10.2 Å². The van der Waals surface area contributed by atoms with Gasteiger partial charge in [0.05, 0.1) is 17.9 Å². The quantitative estimate of drug-likeness (QED) is 0.648. The summed E-state index contributed by atoms with van der Waals surface area (Å²) in [5, 5.41) is 4.64. The summed E-state index contributed by atoms with van der Waals surface area (Å²) in [5.74, 6) is 1.12. The topological polar surface area (TPSA) is 57.2 Å². The molecule has 0 bridgehead atoms. The first-order valence-corrected chi connectivity index (χ1v) is 9.24. The summed E-state index contributed by atoms with van der Waals surface area (Å²) in [6, 6.07) is 10.3. The van der Waals surface area contributed by atoms with Gasteiger partial charge in [-0.2, -0.15) is 0 Å². The van der Waals surface area contributed by atoms with Crippen LogP contribution in [0.1, 0.15) is 5.56 Å². The summed E-state index contributed by atoms with van der Waals surface area (Å²) in [6.45, 7) is 7.48. The number of pyridine rings is 1. The lowest BCUT2D eigenvalue weighted by molar-refractivity contribution is 0.266. The van der Waals surface area contributed by atoms with Crippen LogP contribution in [0.5, 0.6) is 0 Å². The van der Waals surface area contributed by atoms with E-state index >= 15 is 0 Å². The minimum Gasteiger partial charge on any atom is -0.369 e. The number of hydrogen-bond acceptors (Lipinski definition) is 6. The number of anilines is 2. The second-order valence-electron chi connectivity index (χ2n) is 6.80. The molecule has 2 aromatic heterocycles. The Morgan fingerprint density at radius 2 is 1.79 bits per heavy atom. The molecule has 0 aliphatic carbocycles. The number of benzene rings is 1. The second kappa shape index (κ2) is 9.25. The Balaban J connectivity index is 0.00000225. The van der Waals surface area contributed by atoms with E-state index in [4.69, 9.17) is 4.98 Å². The molecule has 0 saturated carbocycles. The number of rotatable bonds is 5. The molecule has 1 fully saturated rings. The van der Waals surface area contributed by atoms with Crippen molar-refractivity contribution in [2.45, 2.75) is 6.92 Å². The van der Waals surface area contributed by atoms with Gasteiger partial charge in [-0.05, 0) is 24.6 Å². The van der Waals surface area contributed by atoms with Crippen LogP contribution in [-0.4, -0.2) is 59.1 Å². The maximum atomic E-state index is 12.9. The molecule has 1 aromatic carbocycles. The van der Waals surface area contributed by atoms with Crippen LogP contribution in [0.15, 0.2) is 42.7 Å². The van der Waals surface area contributed by atoms with Crippen LogP contribution in [0.2, 0.25) is 0 Å². The van der Waals surface area contributed by atoms with Crippen LogP contribution < -0.4 is 10.2 Å². The minimum absolute atomic E-state index is 0. The third-order valence-corrected chi connectivity index (χ3v) is 4.92. The SMILES string of the molecule is Br.Cc1cc(NCCN2CCN(c3ncc(F)cn3)CC2)nc2ccccc12. The number of aryl methyl sites for hydroxylation is 1. The summed E-state index contributed by atoms with van der Waals surface area (Å²) in [6.07, 6.45) is 2.44. The number of para-hydroxylation sites is 1. The highest BCUT2D eigenvalue weighted by Gasteiger charge is 2.18. The number of nitrogens with zero attached hydrogens (tertiary/aromatic N) is 5. The first-order valence-electron chi connectivity index (χ1n) is 9.24. The number of hydrogen-bond donors (Lipinski definition) is 1. The summed E-state index contributed by atoms with van der Waals surface area (Å²) in [7, 11) is 0. The van der Waals surface area contributed by atoms with Crippen LogP contribution in [0.3, 0.4) is 0 Å². The molecular weight excluding hydrogens is 423 g/mol. The molecule has 1 N–H and O–H groups in total. The molecule has 1 aliphatic rings. The lowest BCUT2D eigenvalue weighted by atomic mass is 10.1. The van der Waals surface area contributed by atoms with Crippen LogP contribution in [0.4, 0.5) is 16.2 Å². The predicted octanol–water partition coefficient (Wildman–Crippen LogP) is 3.28. The largest absolute Gasteiger partial charge is 0.369 e. The summed E-state index contributed by atoms with van der Waals surface area (Å²) in [5.41, 5.74) is 2.25. The van der Waals surface area contributed by atoms with Gasteiger partial charge in [0.15, 0.2) is 5.82 Å². The van der Waals surface area contributed by atoms with E-state index in [0.717, 1.165) is 50.6 Å². The molecule has 4 rings (SSSR count). The molecule has 148 valence electrons. The molecule has 0 spiro atoms. The van der Waals surface area contributed by atoms with Crippen molar-refractivity contribution in [3.63, 3.8) is 0 Å². The predicted molar refractivity (Wildman–Crippen MR) is 116 cm³/mol. The zero-order valence-electron chi connectivity index (χ0n) is 15.8. The molecular formula is C20H24BrFN6. The van der Waals surface area contributed by atoms with Crippen LogP contribution in [0.25, 0.3) is 10.9 Å². The molecule has 1 saturated heterocycles. The van der Waals surface area contributed by atoms with Crippen LogP contribution in [-0.2, 0) is 0 Å². The maximum absolute atomic E-state index is 12.9. The maximum Gasteiger partial charge on any atom is 0.225 e. The Hall–Kier alpha value is -2.32. The fraction of sp³-hybridized carbons (Fsp3) is 0.350. The Kier molecular flexibility index (Phi) is 6.74. The Morgan fingerprint density at radius 3 is 2.54 bits per heavy atom. The second-order valence-corrected chi connectivity index (χ2v) is 6.80. The van der Waals surface area contributed by atoms with Gasteiger partial charge in [-0.1, -0.05) is 18.2 Å². The molecule has 28 heavy (non-hydrogen) atoms. The molecule has 1 aliphatic heterocycles. The molecule has 6 nitrogen and oxygen atoms in total. The van der Waals surface area contributed by atoms with Crippen molar-refractivity contribution in [1.29, 1.82) is 0 Å². The summed E-state index contributed by atoms with van der Waals surface area (Å²) >= 11 is 0. The molecule has 0 radical (unpaired) electrons. The van der Waals surface area contributed by atoms with Gasteiger partial charge in [0.2, 0.25) is 5.95 Å². The van der Waals surface area contributed by atoms with Gasteiger partial charge in [0.1, 0.15) is 5.82 Å². The van der Waals surface area contributed by atoms with Gasteiger partial charge in [0.25, 0.3) is 0 Å². The van der Waals surface area contributed by atoms with Crippen molar-refractivity contribution < 1.29 is 4.39 Å². The molecule has 0 unspecified atom stereocenters. The van der Waals surface area contributed by atoms with E-state index in [1.54, 1.807) is 0 Å². The van der Waals surface area contributed by atoms with Crippen molar-refractivity contribution >= 4 is 39.7 Å². The van der Waals surface area contributed by atoms with E-state index in [0.29, 0.717) is 5.95 Å². The minimum atomic E-state index is -0.402.